The van der Waals surface area contributed by atoms with Crippen LogP contribution in [0.3, 0.4) is 0 Å². The molecule has 0 fully saturated rings. The average Bonchev–Trinajstić information content (AvgIpc) is 2.46. The minimum atomic E-state index is 0.312. The molecule has 0 aliphatic heterocycles. The van der Waals surface area contributed by atoms with Gasteiger partial charge in [0.25, 0.3) is 0 Å². The smallest absolute Gasteiger partial charge is 0.123 e. The van der Waals surface area contributed by atoms with Crippen molar-refractivity contribution in [1.82, 2.24) is 5.32 Å². The summed E-state index contributed by atoms with van der Waals surface area (Å²) in [5.41, 5.74) is 1.19. The van der Waals surface area contributed by atoms with Crippen molar-refractivity contribution in [3.8, 4) is 11.5 Å². The van der Waals surface area contributed by atoms with Crippen LogP contribution < -0.4 is 14.8 Å². The second kappa shape index (κ2) is 8.85. The van der Waals surface area contributed by atoms with Crippen LogP contribution in [-0.4, -0.2) is 20.8 Å². The van der Waals surface area contributed by atoms with E-state index in [4.69, 9.17) is 9.47 Å². The SMILES string of the molecule is CCCC(C)CC(NCC)c1cc(OC)ccc1OC. The van der Waals surface area contributed by atoms with Crippen LogP contribution in [0, 0.1) is 5.92 Å². The maximum atomic E-state index is 5.52. The first-order valence-corrected chi connectivity index (χ1v) is 7.61. The Balaban J connectivity index is 2.99. The van der Waals surface area contributed by atoms with E-state index in [1.807, 2.05) is 12.1 Å². The van der Waals surface area contributed by atoms with Gasteiger partial charge in [-0.25, -0.2) is 0 Å². The molecule has 0 bridgehead atoms. The Morgan fingerprint density at radius 3 is 2.45 bits per heavy atom. The minimum Gasteiger partial charge on any atom is -0.497 e. The molecular weight excluding hydrogens is 250 g/mol. The molecule has 0 aliphatic rings. The van der Waals surface area contributed by atoms with Crippen LogP contribution in [0.5, 0.6) is 11.5 Å². The monoisotopic (exact) mass is 279 g/mol. The van der Waals surface area contributed by atoms with Crippen molar-refractivity contribution in [2.45, 2.75) is 46.1 Å². The van der Waals surface area contributed by atoms with Gasteiger partial charge in [0.2, 0.25) is 0 Å². The van der Waals surface area contributed by atoms with Crippen molar-refractivity contribution in [2.24, 2.45) is 5.92 Å². The van der Waals surface area contributed by atoms with Crippen LogP contribution in [0.25, 0.3) is 0 Å². The second-order valence-electron chi connectivity index (χ2n) is 5.35. The van der Waals surface area contributed by atoms with Gasteiger partial charge in [0, 0.05) is 11.6 Å². The maximum absolute atomic E-state index is 5.52. The average molecular weight is 279 g/mol. The van der Waals surface area contributed by atoms with Gasteiger partial charge in [-0.1, -0.05) is 33.6 Å². The van der Waals surface area contributed by atoms with Gasteiger partial charge in [-0.2, -0.15) is 0 Å². The number of ether oxygens (including phenoxy) is 2. The van der Waals surface area contributed by atoms with Crippen molar-refractivity contribution < 1.29 is 9.47 Å². The summed E-state index contributed by atoms with van der Waals surface area (Å²) in [5.74, 6) is 2.51. The Labute approximate surface area is 123 Å². The summed E-state index contributed by atoms with van der Waals surface area (Å²) in [7, 11) is 3.43. The van der Waals surface area contributed by atoms with Crippen molar-refractivity contribution in [1.29, 1.82) is 0 Å². The maximum Gasteiger partial charge on any atom is 0.123 e. The molecule has 0 aromatic heterocycles. The first kappa shape index (κ1) is 16.8. The summed E-state index contributed by atoms with van der Waals surface area (Å²) >= 11 is 0. The van der Waals surface area contributed by atoms with Crippen molar-refractivity contribution >= 4 is 0 Å². The number of hydrogen-bond acceptors (Lipinski definition) is 3. The first-order valence-electron chi connectivity index (χ1n) is 7.61. The van der Waals surface area contributed by atoms with Gasteiger partial charge in [0.15, 0.2) is 0 Å². The molecule has 1 N–H and O–H groups in total. The van der Waals surface area contributed by atoms with Crippen LogP contribution in [0.15, 0.2) is 18.2 Å². The van der Waals surface area contributed by atoms with Gasteiger partial charge in [0.1, 0.15) is 11.5 Å². The summed E-state index contributed by atoms with van der Waals surface area (Å²) in [5, 5.41) is 3.58. The molecule has 0 amide bonds. The number of methoxy groups -OCH3 is 2. The van der Waals surface area contributed by atoms with E-state index in [9.17, 15) is 0 Å². The first-order chi connectivity index (χ1) is 9.65. The lowest BCUT2D eigenvalue weighted by Gasteiger charge is -2.24. The van der Waals surface area contributed by atoms with E-state index in [1.165, 1.54) is 18.4 Å². The van der Waals surface area contributed by atoms with E-state index in [2.05, 4.69) is 32.2 Å². The fraction of sp³-hybridized carbons (Fsp3) is 0.647. The van der Waals surface area contributed by atoms with Crippen LogP contribution in [0.4, 0.5) is 0 Å². The normalized spacial score (nSPS) is 13.8. The van der Waals surface area contributed by atoms with E-state index in [0.717, 1.165) is 24.5 Å². The molecule has 0 heterocycles. The third-order valence-corrected chi connectivity index (χ3v) is 3.68. The zero-order valence-electron chi connectivity index (χ0n) is 13.5. The van der Waals surface area contributed by atoms with Crippen LogP contribution >= 0.6 is 0 Å². The highest BCUT2D eigenvalue weighted by Crippen LogP contribution is 2.33. The van der Waals surface area contributed by atoms with E-state index in [1.54, 1.807) is 14.2 Å². The van der Waals surface area contributed by atoms with Crippen LogP contribution in [0.1, 0.15) is 51.6 Å². The van der Waals surface area contributed by atoms with Crippen LogP contribution in [-0.2, 0) is 0 Å². The Kier molecular flexibility index (Phi) is 7.45. The quantitative estimate of drug-likeness (QED) is 0.735. The molecule has 0 saturated heterocycles. The summed E-state index contributed by atoms with van der Waals surface area (Å²) < 4.78 is 10.9. The molecule has 2 unspecified atom stereocenters. The van der Waals surface area contributed by atoms with Crippen molar-refractivity contribution in [3.05, 3.63) is 23.8 Å². The highest BCUT2D eigenvalue weighted by molar-refractivity contribution is 5.42. The van der Waals surface area contributed by atoms with Crippen LogP contribution in [0.2, 0.25) is 0 Å². The molecular formula is C17H29NO2. The van der Waals surface area contributed by atoms with E-state index >= 15 is 0 Å². The van der Waals surface area contributed by atoms with Gasteiger partial charge in [0.05, 0.1) is 14.2 Å². The predicted molar refractivity (Wildman–Crippen MR) is 84.7 cm³/mol. The van der Waals surface area contributed by atoms with Crippen molar-refractivity contribution in [3.63, 3.8) is 0 Å². The highest BCUT2D eigenvalue weighted by Gasteiger charge is 2.18. The molecule has 0 spiro atoms. The minimum absolute atomic E-state index is 0.312. The van der Waals surface area contributed by atoms with Crippen molar-refractivity contribution in [2.75, 3.05) is 20.8 Å². The Hall–Kier alpha value is -1.22. The predicted octanol–water partition coefficient (Wildman–Crippen LogP) is 4.18. The highest BCUT2D eigenvalue weighted by atomic mass is 16.5. The number of hydrogen-bond donors (Lipinski definition) is 1. The fourth-order valence-electron chi connectivity index (χ4n) is 2.69. The van der Waals surface area contributed by atoms with E-state index in [-0.39, 0.29) is 0 Å². The zero-order chi connectivity index (χ0) is 15.0. The number of nitrogens with one attached hydrogen (secondary N) is 1. The molecule has 3 nitrogen and oxygen atoms in total. The lowest BCUT2D eigenvalue weighted by atomic mass is 9.92. The largest absolute Gasteiger partial charge is 0.497 e. The fourth-order valence-corrected chi connectivity index (χ4v) is 2.69. The molecule has 3 heteroatoms. The second-order valence-corrected chi connectivity index (χ2v) is 5.35. The molecule has 114 valence electrons. The third-order valence-electron chi connectivity index (χ3n) is 3.68. The van der Waals surface area contributed by atoms with E-state index < -0.39 is 0 Å². The lowest BCUT2D eigenvalue weighted by Crippen LogP contribution is -2.23. The topological polar surface area (TPSA) is 30.5 Å². The molecule has 20 heavy (non-hydrogen) atoms. The molecule has 1 rings (SSSR count). The summed E-state index contributed by atoms with van der Waals surface area (Å²) in [6.07, 6.45) is 3.61. The zero-order valence-corrected chi connectivity index (χ0v) is 13.5. The molecule has 0 saturated carbocycles. The number of benzene rings is 1. The molecule has 2 atom stereocenters. The van der Waals surface area contributed by atoms with Gasteiger partial charge in [-0.3, -0.25) is 0 Å². The Morgan fingerprint density at radius 1 is 1.15 bits per heavy atom. The lowest BCUT2D eigenvalue weighted by molar-refractivity contribution is 0.363. The summed E-state index contributed by atoms with van der Waals surface area (Å²) in [6, 6.07) is 6.33. The van der Waals surface area contributed by atoms with Gasteiger partial charge >= 0.3 is 0 Å². The van der Waals surface area contributed by atoms with Gasteiger partial charge in [-0.15, -0.1) is 0 Å². The summed E-state index contributed by atoms with van der Waals surface area (Å²) in [6.45, 7) is 7.65. The standard InChI is InChI=1S/C17H29NO2/c1-6-8-13(3)11-16(18-7-2)15-12-14(19-4)9-10-17(15)20-5/h9-10,12-13,16,18H,6-8,11H2,1-5H3. The molecule has 1 aromatic rings. The molecule has 1 aromatic carbocycles. The Bertz CT molecular complexity index is 393. The summed E-state index contributed by atoms with van der Waals surface area (Å²) in [4.78, 5) is 0. The molecule has 0 radical (unpaired) electrons. The molecule has 0 aliphatic carbocycles. The van der Waals surface area contributed by atoms with Gasteiger partial charge in [-0.05, 0) is 37.1 Å². The Morgan fingerprint density at radius 2 is 1.90 bits per heavy atom. The number of rotatable bonds is 9. The third kappa shape index (κ3) is 4.71. The van der Waals surface area contributed by atoms with E-state index in [0.29, 0.717) is 12.0 Å². The van der Waals surface area contributed by atoms with Gasteiger partial charge < -0.3 is 14.8 Å².